The minimum atomic E-state index is -1.07. The molecule has 0 saturated carbocycles. The van der Waals surface area contributed by atoms with Gasteiger partial charge in [-0.25, -0.2) is 0 Å². The van der Waals surface area contributed by atoms with Gasteiger partial charge in [-0.1, -0.05) is 121 Å². The van der Waals surface area contributed by atoms with Gasteiger partial charge in [0.05, 0.1) is 12.1 Å². The molecule has 5 rings (SSSR count). The van der Waals surface area contributed by atoms with E-state index in [2.05, 4.69) is 65.6 Å². The highest BCUT2D eigenvalue weighted by molar-refractivity contribution is 5.40. The van der Waals surface area contributed by atoms with Crippen LogP contribution in [0.2, 0.25) is 0 Å². The van der Waals surface area contributed by atoms with Crippen LogP contribution in [0.4, 0.5) is 0 Å². The van der Waals surface area contributed by atoms with Crippen LogP contribution in [0.25, 0.3) is 0 Å². The van der Waals surface area contributed by atoms with Crippen LogP contribution in [0, 0.1) is 0 Å². The molecule has 4 aromatic rings. The number of likely N-dealkylation sites (tertiary alicyclic amines) is 1. The summed E-state index contributed by atoms with van der Waals surface area (Å²) in [5.41, 5.74) is 2.57. The lowest BCUT2D eigenvalue weighted by Gasteiger charge is -2.44. The van der Waals surface area contributed by atoms with E-state index < -0.39 is 11.1 Å². The fourth-order valence-corrected chi connectivity index (χ4v) is 5.74. The molecule has 34 heavy (non-hydrogen) atoms. The first kappa shape index (κ1) is 22.5. The number of aliphatic hydroxyl groups excluding tert-OH is 1. The van der Waals surface area contributed by atoms with Crippen LogP contribution in [0.15, 0.2) is 121 Å². The summed E-state index contributed by atoms with van der Waals surface area (Å²) in [4.78, 5) is 2.31. The van der Waals surface area contributed by atoms with Crippen molar-refractivity contribution < 1.29 is 10.2 Å². The van der Waals surface area contributed by atoms with Gasteiger partial charge >= 0.3 is 0 Å². The molecule has 0 amide bonds. The van der Waals surface area contributed by atoms with Crippen molar-refractivity contribution in [3.8, 4) is 0 Å². The average molecular weight is 450 g/mol. The lowest BCUT2D eigenvalue weighted by Crippen LogP contribution is -2.51. The van der Waals surface area contributed by atoms with Crippen molar-refractivity contribution >= 4 is 0 Å². The van der Waals surface area contributed by atoms with E-state index in [1.807, 2.05) is 60.7 Å². The minimum Gasteiger partial charge on any atom is -0.394 e. The van der Waals surface area contributed by atoms with Crippen molar-refractivity contribution in [2.45, 2.75) is 30.0 Å². The minimum absolute atomic E-state index is 0.0660. The second-order valence-corrected chi connectivity index (χ2v) is 9.43. The molecule has 0 aliphatic carbocycles. The number of rotatable bonds is 7. The van der Waals surface area contributed by atoms with E-state index in [0.29, 0.717) is 19.5 Å². The summed E-state index contributed by atoms with van der Waals surface area (Å²) in [6, 6.07) is 41.0. The van der Waals surface area contributed by atoms with Crippen LogP contribution in [0.5, 0.6) is 0 Å². The van der Waals surface area contributed by atoms with Crippen molar-refractivity contribution in [1.29, 1.82) is 0 Å². The molecule has 0 aromatic heterocycles. The number of β-amino-alcohol motifs (C(OH)–C–C–N with tert-alkyl or cyclic N) is 1. The molecule has 3 heteroatoms. The largest absolute Gasteiger partial charge is 0.394 e. The molecule has 1 fully saturated rings. The molecule has 2 atom stereocenters. The zero-order valence-corrected chi connectivity index (χ0v) is 19.3. The van der Waals surface area contributed by atoms with Gasteiger partial charge in [-0.15, -0.1) is 0 Å². The highest BCUT2D eigenvalue weighted by Gasteiger charge is 2.57. The molecule has 0 radical (unpaired) electrons. The maximum absolute atomic E-state index is 12.1. The van der Waals surface area contributed by atoms with Gasteiger partial charge in [0.2, 0.25) is 0 Å². The Morgan fingerprint density at radius 1 is 0.676 bits per heavy atom. The summed E-state index contributed by atoms with van der Waals surface area (Å²) in [6.45, 7) is 1.03. The van der Waals surface area contributed by atoms with Crippen molar-refractivity contribution in [2.75, 3.05) is 13.2 Å². The highest BCUT2D eigenvalue weighted by atomic mass is 16.3. The van der Waals surface area contributed by atoms with Gasteiger partial charge in [0.25, 0.3) is 0 Å². The Morgan fingerprint density at radius 2 is 1.15 bits per heavy atom. The third-order valence-corrected chi connectivity index (χ3v) is 7.29. The van der Waals surface area contributed by atoms with Crippen LogP contribution < -0.4 is 0 Å². The van der Waals surface area contributed by atoms with E-state index >= 15 is 0 Å². The standard InChI is InChI=1S/C31H31NO2/c33-24-30(29(26-15-7-2-8-16-26)27-17-9-3-10-18-27)22-31(34,28-19-11-4-12-20-28)23-32(30)21-25-13-5-1-6-14-25/h1-20,29,33-34H,21-24H2/t30-,31-/m1/s1. The summed E-state index contributed by atoms with van der Waals surface area (Å²) < 4.78 is 0. The maximum Gasteiger partial charge on any atom is 0.104 e. The predicted octanol–water partition coefficient (Wildman–Crippen LogP) is 5.34. The first-order chi connectivity index (χ1) is 16.6. The van der Waals surface area contributed by atoms with E-state index in [9.17, 15) is 10.2 Å². The number of hydrogen-bond acceptors (Lipinski definition) is 3. The Morgan fingerprint density at radius 3 is 1.65 bits per heavy atom. The molecule has 0 spiro atoms. The molecule has 0 bridgehead atoms. The quantitative estimate of drug-likeness (QED) is 0.400. The molecule has 3 nitrogen and oxygen atoms in total. The summed E-state index contributed by atoms with van der Waals surface area (Å²) in [6.07, 6.45) is 0.432. The zero-order valence-electron chi connectivity index (χ0n) is 19.3. The van der Waals surface area contributed by atoms with Crippen LogP contribution >= 0.6 is 0 Å². The molecular weight excluding hydrogens is 418 g/mol. The number of aliphatic hydroxyl groups is 2. The summed E-state index contributed by atoms with van der Waals surface area (Å²) in [5, 5.41) is 23.3. The molecule has 0 unspecified atom stereocenters. The smallest absolute Gasteiger partial charge is 0.104 e. The Hall–Kier alpha value is -3.24. The maximum atomic E-state index is 12.1. The molecule has 2 N–H and O–H groups in total. The molecule has 1 aliphatic heterocycles. The summed E-state index contributed by atoms with van der Waals surface area (Å²) in [5.74, 6) is -0.110. The molecule has 1 aliphatic rings. The van der Waals surface area contributed by atoms with Gasteiger partial charge in [0.1, 0.15) is 5.60 Å². The van der Waals surface area contributed by atoms with E-state index in [-0.39, 0.29) is 12.5 Å². The topological polar surface area (TPSA) is 43.7 Å². The Labute approximate surface area is 201 Å². The summed E-state index contributed by atoms with van der Waals surface area (Å²) in [7, 11) is 0. The van der Waals surface area contributed by atoms with Crippen molar-refractivity contribution in [3.05, 3.63) is 144 Å². The second-order valence-electron chi connectivity index (χ2n) is 9.43. The monoisotopic (exact) mass is 449 g/mol. The van der Waals surface area contributed by atoms with Crippen LogP contribution in [-0.2, 0) is 12.1 Å². The van der Waals surface area contributed by atoms with Gasteiger partial charge in [0, 0.05) is 25.4 Å². The Bertz CT molecular complexity index is 1140. The van der Waals surface area contributed by atoms with E-state index in [1.54, 1.807) is 0 Å². The highest BCUT2D eigenvalue weighted by Crippen LogP contribution is 2.51. The lowest BCUT2D eigenvalue weighted by atomic mass is 9.71. The van der Waals surface area contributed by atoms with Crippen molar-refractivity contribution in [3.63, 3.8) is 0 Å². The summed E-state index contributed by atoms with van der Waals surface area (Å²) >= 11 is 0. The van der Waals surface area contributed by atoms with Gasteiger partial charge in [-0.3, -0.25) is 4.90 Å². The normalized spacial score (nSPS) is 22.8. The first-order valence-electron chi connectivity index (χ1n) is 11.9. The van der Waals surface area contributed by atoms with Crippen molar-refractivity contribution in [1.82, 2.24) is 4.90 Å². The predicted molar refractivity (Wildman–Crippen MR) is 136 cm³/mol. The third-order valence-electron chi connectivity index (χ3n) is 7.29. The van der Waals surface area contributed by atoms with Gasteiger partial charge in [-0.2, -0.15) is 0 Å². The van der Waals surface area contributed by atoms with E-state index in [4.69, 9.17) is 0 Å². The third kappa shape index (κ3) is 4.19. The number of hydrogen-bond donors (Lipinski definition) is 2. The van der Waals surface area contributed by atoms with Gasteiger partial charge in [0.15, 0.2) is 0 Å². The van der Waals surface area contributed by atoms with Crippen LogP contribution in [-0.4, -0.2) is 33.8 Å². The second kappa shape index (κ2) is 9.55. The fourth-order valence-electron chi connectivity index (χ4n) is 5.74. The first-order valence-corrected chi connectivity index (χ1v) is 11.9. The van der Waals surface area contributed by atoms with E-state index in [0.717, 1.165) is 22.3 Å². The Balaban J connectivity index is 1.68. The molecule has 1 heterocycles. The molecular formula is C31H31NO2. The van der Waals surface area contributed by atoms with Crippen LogP contribution in [0.3, 0.4) is 0 Å². The van der Waals surface area contributed by atoms with Gasteiger partial charge < -0.3 is 10.2 Å². The van der Waals surface area contributed by atoms with Crippen molar-refractivity contribution in [2.24, 2.45) is 0 Å². The molecule has 1 saturated heterocycles. The number of benzene rings is 4. The average Bonchev–Trinajstić information content (AvgIpc) is 3.19. The van der Waals surface area contributed by atoms with E-state index in [1.165, 1.54) is 0 Å². The fraction of sp³-hybridized carbons (Fsp3) is 0.226. The Kier molecular flexibility index (Phi) is 6.34. The zero-order chi connectivity index (χ0) is 23.4. The lowest BCUT2D eigenvalue weighted by molar-refractivity contribution is 0.0390. The molecule has 4 aromatic carbocycles. The molecule has 172 valence electrons. The number of nitrogens with zero attached hydrogens (tertiary/aromatic N) is 1. The van der Waals surface area contributed by atoms with Crippen LogP contribution in [0.1, 0.15) is 34.6 Å². The SMILES string of the molecule is OC[C@@]1(C(c2ccccc2)c2ccccc2)C[C@](O)(c2ccccc2)CN1Cc1ccccc1. The van der Waals surface area contributed by atoms with Gasteiger partial charge in [-0.05, 0) is 22.3 Å².